The quantitative estimate of drug-likeness (QED) is 0.679. The summed E-state index contributed by atoms with van der Waals surface area (Å²) in [7, 11) is 0. The van der Waals surface area contributed by atoms with E-state index in [1.807, 2.05) is 4.68 Å². The Morgan fingerprint density at radius 2 is 1.84 bits per heavy atom. The molecular formula is C24H33N6O+. The summed E-state index contributed by atoms with van der Waals surface area (Å²) in [6, 6.07) is 6.54. The molecule has 3 aromatic rings. The number of tetrazole rings is 1. The Labute approximate surface area is 182 Å². The maximum absolute atomic E-state index is 13.4. The smallest absolute Gasteiger partial charge is 0.258 e. The Morgan fingerprint density at radius 1 is 1.10 bits per heavy atom. The second kappa shape index (κ2) is 8.19. The van der Waals surface area contributed by atoms with E-state index in [1.165, 1.54) is 36.1 Å². The van der Waals surface area contributed by atoms with E-state index in [9.17, 15) is 4.79 Å². The molecule has 1 saturated carbocycles. The van der Waals surface area contributed by atoms with Crippen LogP contribution in [0.5, 0.6) is 0 Å². The number of piperidine rings is 1. The maximum atomic E-state index is 13.4. The van der Waals surface area contributed by atoms with Crippen molar-refractivity contribution in [2.45, 2.75) is 71.4 Å². The zero-order valence-corrected chi connectivity index (χ0v) is 18.8. The number of hydrogen-bond donors (Lipinski definition) is 2. The van der Waals surface area contributed by atoms with Crippen molar-refractivity contribution < 1.29 is 4.90 Å². The number of quaternary nitrogens is 1. The Balaban J connectivity index is 1.66. The van der Waals surface area contributed by atoms with Gasteiger partial charge >= 0.3 is 0 Å². The number of nitrogens with zero attached hydrogens (tertiary/aromatic N) is 4. The van der Waals surface area contributed by atoms with Crippen molar-refractivity contribution in [1.82, 2.24) is 25.2 Å². The molecule has 2 N–H and O–H groups in total. The topological polar surface area (TPSA) is 80.9 Å². The molecule has 0 radical (unpaired) electrons. The van der Waals surface area contributed by atoms with Gasteiger partial charge in [-0.15, -0.1) is 5.10 Å². The number of fused-ring (bicyclic) bond motifs is 1. The highest BCUT2D eigenvalue weighted by atomic mass is 16.1. The molecule has 0 bridgehead atoms. The second-order valence-electron chi connectivity index (χ2n) is 9.79. The van der Waals surface area contributed by atoms with E-state index in [0.717, 1.165) is 59.7 Å². The van der Waals surface area contributed by atoms with Crippen LogP contribution in [0.1, 0.15) is 80.0 Å². The molecule has 2 fully saturated rings. The largest absolute Gasteiger partial charge is 0.322 e. The molecule has 0 amide bonds. The standard InChI is InChI=1S/C24H32N6O/c1-15-8-10-29(11-9-15)22(23-26-27-28-30(23)18-6-4-5-7-18)20-14-19-17(3)12-16(2)13-21(19)25-24(20)31/h12-15,18,22H,4-11H2,1-3H3,(H,25,31)/p+1/t22-/m1/s1. The first-order chi connectivity index (χ1) is 15.0. The van der Waals surface area contributed by atoms with Gasteiger partial charge in [-0.1, -0.05) is 25.8 Å². The predicted octanol–water partition coefficient (Wildman–Crippen LogP) is 2.65. The molecule has 1 aliphatic heterocycles. The normalized spacial score (nSPS) is 23.5. The van der Waals surface area contributed by atoms with Gasteiger partial charge in [-0.3, -0.25) is 4.79 Å². The van der Waals surface area contributed by atoms with Crippen molar-refractivity contribution in [2.24, 2.45) is 5.92 Å². The lowest BCUT2D eigenvalue weighted by atomic mass is 9.94. The molecule has 2 aliphatic rings. The highest BCUT2D eigenvalue weighted by Crippen LogP contribution is 2.31. The number of likely N-dealkylation sites (tertiary alicyclic amines) is 1. The van der Waals surface area contributed by atoms with Crippen LogP contribution >= 0.6 is 0 Å². The van der Waals surface area contributed by atoms with Gasteiger partial charge in [0.25, 0.3) is 5.56 Å². The van der Waals surface area contributed by atoms with Crippen LogP contribution < -0.4 is 10.5 Å². The third kappa shape index (κ3) is 3.80. The lowest BCUT2D eigenvalue weighted by Crippen LogP contribution is -3.13. The van der Waals surface area contributed by atoms with Crippen molar-refractivity contribution in [3.05, 3.63) is 51.1 Å². The van der Waals surface area contributed by atoms with Crippen LogP contribution in [0, 0.1) is 19.8 Å². The van der Waals surface area contributed by atoms with Crippen LogP contribution in [-0.2, 0) is 0 Å². The highest BCUT2D eigenvalue weighted by molar-refractivity contribution is 5.83. The summed E-state index contributed by atoms with van der Waals surface area (Å²) in [5.41, 5.74) is 4.02. The summed E-state index contributed by atoms with van der Waals surface area (Å²) in [6.45, 7) is 8.57. The first kappa shape index (κ1) is 20.4. The fraction of sp³-hybridized carbons (Fsp3) is 0.583. The van der Waals surface area contributed by atoms with Crippen LogP contribution in [0.3, 0.4) is 0 Å². The minimum Gasteiger partial charge on any atom is -0.322 e. The van der Waals surface area contributed by atoms with Gasteiger partial charge in [-0.05, 0) is 79.1 Å². The zero-order valence-electron chi connectivity index (χ0n) is 18.8. The second-order valence-corrected chi connectivity index (χ2v) is 9.79. The van der Waals surface area contributed by atoms with E-state index in [4.69, 9.17) is 0 Å². The zero-order chi connectivity index (χ0) is 21.5. The number of hydrogen-bond acceptors (Lipinski definition) is 4. The molecule has 1 saturated heterocycles. The van der Waals surface area contributed by atoms with Crippen molar-refractivity contribution >= 4 is 10.9 Å². The third-order valence-corrected chi connectivity index (χ3v) is 7.42. The van der Waals surface area contributed by atoms with Gasteiger partial charge in [-0.25, -0.2) is 4.68 Å². The van der Waals surface area contributed by atoms with Crippen LogP contribution in [0.4, 0.5) is 0 Å². The fourth-order valence-corrected chi connectivity index (χ4v) is 5.67. The van der Waals surface area contributed by atoms with Gasteiger partial charge in [0, 0.05) is 10.9 Å². The first-order valence-electron chi connectivity index (χ1n) is 11.8. The first-order valence-corrected chi connectivity index (χ1v) is 11.8. The number of nitrogens with one attached hydrogen (secondary N) is 2. The lowest BCUT2D eigenvalue weighted by molar-refractivity contribution is -0.932. The molecule has 7 heteroatoms. The lowest BCUT2D eigenvalue weighted by Gasteiger charge is -2.33. The van der Waals surface area contributed by atoms with Gasteiger partial charge in [0.15, 0.2) is 6.04 Å². The fourth-order valence-electron chi connectivity index (χ4n) is 5.67. The molecule has 164 valence electrons. The number of pyridine rings is 1. The number of aromatic amines is 1. The van der Waals surface area contributed by atoms with Crippen LogP contribution in [0.2, 0.25) is 0 Å². The van der Waals surface area contributed by atoms with Gasteiger partial charge in [0.2, 0.25) is 5.82 Å². The van der Waals surface area contributed by atoms with E-state index >= 15 is 0 Å². The minimum absolute atomic E-state index is 0.0189. The molecule has 1 aromatic carbocycles. The van der Waals surface area contributed by atoms with Gasteiger partial charge in [-0.2, -0.15) is 0 Å². The molecule has 5 rings (SSSR count). The Kier molecular flexibility index (Phi) is 5.38. The summed E-state index contributed by atoms with van der Waals surface area (Å²) >= 11 is 0. The molecule has 2 aromatic heterocycles. The molecule has 0 unspecified atom stereocenters. The van der Waals surface area contributed by atoms with E-state index in [2.05, 4.69) is 59.5 Å². The van der Waals surface area contributed by atoms with Crippen LogP contribution in [0.15, 0.2) is 23.0 Å². The average molecular weight is 422 g/mol. The van der Waals surface area contributed by atoms with Crippen molar-refractivity contribution in [3.8, 4) is 0 Å². The van der Waals surface area contributed by atoms with E-state index in [-0.39, 0.29) is 11.6 Å². The molecule has 1 aliphatic carbocycles. The highest BCUT2D eigenvalue weighted by Gasteiger charge is 2.37. The van der Waals surface area contributed by atoms with Crippen molar-refractivity contribution in [1.29, 1.82) is 0 Å². The van der Waals surface area contributed by atoms with E-state index in [1.54, 1.807) is 0 Å². The van der Waals surface area contributed by atoms with Crippen molar-refractivity contribution in [3.63, 3.8) is 0 Å². The Morgan fingerprint density at radius 3 is 2.58 bits per heavy atom. The minimum atomic E-state index is -0.142. The third-order valence-electron chi connectivity index (χ3n) is 7.42. The van der Waals surface area contributed by atoms with Crippen molar-refractivity contribution in [2.75, 3.05) is 13.1 Å². The molecule has 0 spiro atoms. The van der Waals surface area contributed by atoms with Gasteiger partial charge in [0.05, 0.1) is 24.7 Å². The molecule has 3 heterocycles. The van der Waals surface area contributed by atoms with Gasteiger partial charge < -0.3 is 9.88 Å². The summed E-state index contributed by atoms with van der Waals surface area (Å²) in [5, 5.41) is 14.1. The number of aromatic nitrogens is 5. The number of rotatable bonds is 4. The predicted molar refractivity (Wildman–Crippen MR) is 120 cm³/mol. The SMILES string of the molecule is Cc1cc(C)c2cc([C@H](c3nnnn3C3CCCC3)[NH+]3CCC(C)CC3)c(=O)[nH]c2c1. The van der Waals surface area contributed by atoms with Gasteiger partial charge in [0.1, 0.15) is 0 Å². The van der Waals surface area contributed by atoms with Crippen LogP contribution in [-0.4, -0.2) is 38.3 Å². The van der Waals surface area contributed by atoms with E-state index in [0.29, 0.717) is 6.04 Å². The summed E-state index contributed by atoms with van der Waals surface area (Å²) < 4.78 is 2.04. The monoisotopic (exact) mass is 421 g/mol. The number of H-pyrrole nitrogens is 1. The number of benzene rings is 1. The van der Waals surface area contributed by atoms with Crippen LogP contribution in [0.25, 0.3) is 10.9 Å². The van der Waals surface area contributed by atoms with E-state index < -0.39 is 0 Å². The molecular weight excluding hydrogens is 388 g/mol. The maximum Gasteiger partial charge on any atom is 0.258 e. The molecule has 7 nitrogen and oxygen atoms in total. The Bertz CT molecular complexity index is 1130. The molecule has 31 heavy (non-hydrogen) atoms. The molecule has 1 atom stereocenters. The summed E-state index contributed by atoms with van der Waals surface area (Å²) in [6.07, 6.45) is 7.00. The Hall–Kier alpha value is -2.54. The number of aryl methyl sites for hydroxylation is 2. The summed E-state index contributed by atoms with van der Waals surface area (Å²) in [4.78, 5) is 18.0. The average Bonchev–Trinajstić information content (AvgIpc) is 3.42. The summed E-state index contributed by atoms with van der Waals surface area (Å²) in [5.74, 6) is 1.58.